The van der Waals surface area contributed by atoms with Crippen LogP contribution < -0.4 is 11.1 Å². The van der Waals surface area contributed by atoms with Crippen LogP contribution in [0.2, 0.25) is 0 Å². The average molecular weight is 262 g/mol. The monoisotopic (exact) mass is 262 g/mol. The van der Waals surface area contributed by atoms with Gasteiger partial charge in [-0.05, 0) is 42.0 Å². The molecule has 2 rings (SSSR count). The maximum atomic E-state index is 13.0. The van der Waals surface area contributed by atoms with E-state index in [4.69, 9.17) is 5.73 Å². The molecule has 2 aromatic carbocycles. The summed E-state index contributed by atoms with van der Waals surface area (Å²) < 4.78 is 25.7. The summed E-state index contributed by atoms with van der Waals surface area (Å²) in [6.45, 7) is 0.354. The lowest BCUT2D eigenvalue weighted by molar-refractivity contribution is 0.100. The van der Waals surface area contributed by atoms with Gasteiger partial charge < -0.3 is 11.1 Å². The molecule has 0 aromatic heterocycles. The van der Waals surface area contributed by atoms with E-state index in [1.807, 2.05) is 0 Å². The van der Waals surface area contributed by atoms with Crippen LogP contribution in [0.4, 0.5) is 14.5 Å². The van der Waals surface area contributed by atoms with Gasteiger partial charge in [0.2, 0.25) is 5.91 Å². The highest BCUT2D eigenvalue weighted by atomic mass is 19.2. The Morgan fingerprint density at radius 3 is 2.32 bits per heavy atom. The third-order valence-electron chi connectivity index (χ3n) is 2.65. The van der Waals surface area contributed by atoms with E-state index < -0.39 is 17.5 Å². The molecule has 0 unspecified atom stereocenters. The van der Waals surface area contributed by atoms with Gasteiger partial charge in [-0.15, -0.1) is 0 Å². The van der Waals surface area contributed by atoms with Crippen LogP contribution >= 0.6 is 0 Å². The van der Waals surface area contributed by atoms with Crippen molar-refractivity contribution in [3.8, 4) is 0 Å². The molecule has 19 heavy (non-hydrogen) atoms. The van der Waals surface area contributed by atoms with Crippen LogP contribution in [-0.4, -0.2) is 5.91 Å². The fourth-order valence-corrected chi connectivity index (χ4v) is 1.61. The summed E-state index contributed by atoms with van der Waals surface area (Å²) in [5.74, 6) is -2.23. The van der Waals surface area contributed by atoms with Crippen molar-refractivity contribution in [2.24, 2.45) is 5.73 Å². The normalized spacial score (nSPS) is 10.2. The van der Waals surface area contributed by atoms with Crippen LogP contribution in [0.5, 0.6) is 0 Å². The second kappa shape index (κ2) is 5.48. The second-order valence-electron chi connectivity index (χ2n) is 4.04. The van der Waals surface area contributed by atoms with Gasteiger partial charge in [0.25, 0.3) is 0 Å². The molecule has 0 saturated heterocycles. The molecule has 0 aliphatic rings. The van der Waals surface area contributed by atoms with E-state index in [0.717, 1.165) is 17.8 Å². The van der Waals surface area contributed by atoms with E-state index in [2.05, 4.69) is 5.32 Å². The highest BCUT2D eigenvalue weighted by molar-refractivity contribution is 5.93. The molecule has 2 aromatic rings. The molecule has 0 bridgehead atoms. The van der Waals surface area contributed by atoms with Gasteiger partial charge in [0.15, 0.2) is 11.6 Å². The largest absolute Gasteiger partial charge is 0.381 e. The standard InChI is InChI=1S/C14H12F2N2O/c15-12-6-1-9(7-13(12)16)8-18-11-4-2-10(3-5-11)14(17)19/h1-7,18H,8H2,(H2,17,19). The Hall–Kier alpha value is -2.43. The quantitative estimate of drug-likeness (QED) is 0.890. The van der Waals surface area contributed by atoms with Crippen molar-refractivity contribution in [2.75, 3.05) is 5.32 Å². The van der Waals surface area contributed by atoms with E-state index in [1.165, 1.54) is 6.07 Å². The van der Waals surface area contributed by atoms with E-state index in [-0.39, 0.29) is 0 Å². The molecule has 0 atom stereocenters. The summed E-state index contributed by atoms with van der Waals surface area (Å²) in [6.07, 6.45) is 0. The third kappa shape index (κ3) is 3.28. The molecule has 0 aliphatic heterocycles. The average Bonchev–Trinajstić information content (AvgIpc) is 2.40. The molecule has 0 aliphatic carbocycles. The number of rotatable bonds is 4. The number of carbonyl (C=O) groups is 1. The van der Waals surface area contributed by atoms with Crippen molar-refractivity contribution in [2.45, 2.75) is 6.54 Å². The van der Waals surface area contributed by atoms with Crippen LogP contribution in [0.3, 0.4) is 0 Å². The van der Waals surface area contributed by atoms with Crippen molar-refractivity contribution in [1.29, 1.82) is 0 Å². The Balaban J connectivity index is 2.01. The van der Waals surface area contributed by atoms with E-state index in [1.54, 1.807) is 24.3 Å². The van der Waals surface area contributed by atoms with Crippen molar-refractivity contribution in [1.82, 2.24) is 0 Å². The summed E-state index contributed by atoms with van der Waals surface area (Å²) in [4.78, 5) is 10.9. The first-order valence-electron chi connectivity index (χ1n) is 5.64. The summed E-state index contributed by atoms with van der Waals surface area (Å²) in [7, 11) is 0. The topological polar surface area (TPSA) is 55.1 Å². The molecule has 98 valence electrons. The molecule has 0 spiro atoms. The summed E-state index contributed by atoms with van der Waals surface area (Å²) in [6, 6.07) is 10.3. The highest BCUT2D eigenvalue weighted by Gasteiger charge is 2.03. The Labute approximate surface area is 109 Å². The zero-order valence-electron chi connectivity index (χ0n) is 9.99. The molecule has 3 nitrogen and oxygen atoms in total. The fourth-order valence-electron chi connectivity index (χ4n) is 1.61. The Bertz CT molecular complexity index is 597. The molecule has 0 radical (unpaired) electrons. The smallest absolute Gasteiger partial charge is 0.248 e. The maximum Gasteiger partial charge on any atom is 0.248 e. The second-order valence-corrected chi connectivity index (χ2v) is 4.04. The first kappa shape index (κ1) is 13.0. The lowest BCUT2D eigenvalue weighted by Gasteiger charge is -2.07. The molecular formula is C14H12F2N2O. The highest BCUT2D eigenvalue weighted by Crippen LogP contribution is 2.13. The summed E-state index contributed by atoms with van der Waals surface area (Å²) in [5.41, 5.74) is 6.92. The minimum Gasteiger partial charge on any atom is -0.381 e. The number of amides is 1. The molecule has 3 N–H and O–H groups in total. The van der Waals surface area contributed by atoms with E-state index in [0.29, 0.717) is 17.7 Å². The number of anilines is 1. The van der Waals surface area contributed by atoms with Gasteiger partial charge in [0, 0.05) is 17.8 Å². The molecule has 0 fully saturated rings. The molecule has 0 heterocycles. The van der Waals surface area contributed by atoms with Crippen molar-refractivity contribution in [3.05, 3.63) is 65.2 Å². The first-order chi connectivity index (χ1) is 9.06. The minimum absolute atomic E-state index is 0.354. The van der Waals surface area contributed by atoms with Gasteiger partial charge in [-0.25, -0.2) is 8.78 Å². The van der Waals surface area contributed by atoms with Crippen LogP contribution in [0.15, 0.2) is 42.5 Å². The Morgan fingerprint density at radius 1 is 1.05 bits per heavy atom. The van der Waals surface area contributed by atoms with Gasteiger partial charge in [-0.3, -0.25) is 4.79 Å². The number of halogens is 2. The maximum absolute atomic E-state index is 13.0. The number of benzene rings is 2. The Kier molecular flexibility index (Phi) is 3.75. The van der Waals surface area contributed by atoms with Crippen LogP contribution in [0.25, 0.3) is 0 Å². The molecular weight excluding hydrogens is 250 g/mol. The van der Waals surface area contributed by atoms with Crippen molar-refractivity contribution < 1.29 is 13.6 Å². The molecule has 5 heteroatoms. The minimum atomic E-state index is -0.872. The zero-order chi connectivity index (χ0) is 13.8. The van der Waals surface area contributed by atoms with Crippen LogP contribution in [0, 0.1) is 11.6 Å². The predicted molar refractivity (Wildman–Crippen MR) is 68.6 cm³/mol. The fraction of sp³-hybridized carbons (Fsp3) is 0.0714. The van der Waals surface area contributed by atoms with Crippen molar-refractivity contribution in [3.63, 3.8) is 0 Å². The molecule has 1 amide bonds. The number of nitrogens with two attached hydrogens (primary N) is 1. The zero-order valence-corrected chi connectivity index (χ0v) is 9.99. The SMILES string of the molecule is NC(=O)c1ccc(NCc2ccc(F)c(F)c2)cc1. The lowest BCUT2D eigenvalue weighted by Crippen LogP contribution is -2.10. The number of hydrogen-bond acceptors (Lipinski definition) is 2. The predicted octanol–water partition coefficient (Wildman–Crippen LogP) is 2.68. The van der Waals surface area contributed by atoms with Gasteiger partial charge in [0.1, 0.15) is 0 Å². The molecule has 0 saturated carbocycles. The van der Waals surface area contributed by atoms with Gasteiger partial charge in [0.05, 0.1) is 0 Å². The third-order valence-corrected chi connectivity index (χ3v) is 2.65. The number of primary amides is 1. The number of hydrogen-bond donors (Lipinski definition) is 2. The van der Waals surface area contributed by atoms with Crippen molar-refractivity contribution >= 4 is 11.6 Å². The van der Waals surface area contributed by atoms with Gasteiger partial charge in [-0.1, -0.05) is 6.07 Å². The first-order valence-corrected chi connectivity index (χ1v) is 5.64. The number of nitrogens with one attached hydrogen (secondary N) is 1. The van der Waals surface area contributed by atoms with Crippen LogP contribution in [0.1, 0.15) is 15.9 Å². The van der Waals surface area contributed by atoms with E-state index >= 15 is 0 Å². The lowest BCUT2D eigenvalue weighted by atomic mass is 10.2. The summed E-state index contributed by atoms with van der Waals surface area (Å²) >= 11 is 0. The van der Waals surface area contributed by atoms with Gasteiger partial charge >= 0.3 is 0 Å². The summed E-state index contributed by atoms with van der Waals surface area (Å²) in [5, 5.41) is 3.03. The van der Waals surface area contributed by atoms with Crippen LogP contribution in [-0.2, 0) is 6.54 Å². The van der Waals surface area contributed by atoms with E-state index in [9.17, 15) is 13.6 Å². The Morgan fingerprint density at radius 2 is 1.74 bits per heavy atom. The van der Waals surface area contributed by atoms with Gasteiger partial charge in [-0.2, -0.15) is 0 Å². The number of carbonyl (C=O) groups excluding carboxylic acids is 1.